The molecule has 0 atom stereocenters. The Labute approximate surface area is 161 Å². The third-order valence-corrected chi connectivity index (χ3v) is 5.26. The Bertz CT molecular complexity index is 767. The third kappa shape index (κ3) is 4.62. The normalized spacial score (nSPS) is 15.6. The maximum absolute atomic E-state index is 13.3. The van der Waals surface area contributed by atoms with Crippen LogP contribution in [0.2, 0.25) is 0 Å². The van der Waals surface area contributed by atoms with E-state index in [0.29, 0.717) is 23.1 Å². The lowest BCUT2D eigenvalue weighted by Gasteiger charge is -2.22. The summed E-state index contributed by atoms with van der Waals surface area (Å²) in [5.41, 5.74) is 1.74. The van der Waals surface area contributed by atoms with E-state index in [1.54, 1.807) is 13.2 Å². The van der Waals surface area contributed by atoms with E-state index in [9.17, 15) is 9.18 Å². The van der Waals surface area contributed by atoms with Gasteiger partial charge in [0.05, 0.1) is 12.7 Å². The molecule has 1 aliphatic heterocycles. The lowest BCUT2D eigenvalue weighted by molar-refractivity contribution is 0.0760. The number of amides is 1. The van der Waals surface area contributed by atoms with Crippen LogP contribution in [0.5, 0.6) is 5.75 Å². The highest BCUT2D eigenvalue weighted by molar-refractivity contribution is 9.10. The molecule has 1 aliphatic rings. The summed E-state index contributed by atoms with van der Waals surface area (Å²) >= 11 is 3.29. The van der Waals surface area contributed by atoms with Gasteiger partial charge in [-0.3, -0.25) is 9.69 Å². The van der Waals surface area contributed by atoms with Gasteiger partial charge in [0.15, 0.2) is 0 Å². The number of carbonyl (C=O) groups excluding carboxylic acids is 1. The van der Waals surface area contributed by atoms with Gasteiger partial charge >= 0.3 is 0 Å². The minimum atomic E-state index is -0.352. The van der Waals surface area contributed by atoms with Gasteiger partial charge in [0.25, 0.3) is 5.91 Å². The molecule has 4 nitrogen and oxygen atoms in total. The van der Waals surface area contributed by atoms with Crippen molar-refractivity contribution in [1.29, 1.82) is 0 Å². The van der Waals surface area contributed by atoms with Crippen molar-refractivity contribution in [2.75, 3.05) is 33.3 Å². The molecule has 1 heterocycles. The number of carbonyl (C=O) groups is 1. The zero-order valence-electron chi connectivity index (χ0n) is 14.8. The molecule has 1 amide bonds. The SMILES string of the molecule is COc1ccc(CN2CCCN(C(=O)c3ccc(F)cc3Br)CC2)cc1. The number of hydrogen-bond donors (Lipinski definition) is 0. The van der Waals surface area contributed by atoms with Crippen molar-refractivity contribution in [3.05, 3.63) is 63.9 Å². The topological polar surface area (TPSA) is 32.8 Å². The van der Waals surface area contributed by atoms with Gasteiger partial charge in [-0.15, -0.1) is 0 Å². The van der Waals surface area contributed by atoms with Gasteiger partial charge in [-0.1, -0.05) is 12.1 Å². The van der Waals surface area contributed by atoms with E-state index in [4.69, 9.17) is 4.74 Å². The molecule has 0 spiro atoms. The Morgan fingerprint density at radius 3 is 2.58 bits per heavy atom. The highest BCUT2D eigenvalue weighted by atomic mass is 79.9. The first-order valence-corrected chi connectivity index (χ1v) is 9.46. The van der Waals surface area contributed by atoms with Gasteiger partial charge in [0, 0.05) is 37.2 Å². The molecule has 0 aromatic heterocycles. The summed E-state index contributed by atoms with van der Waals surface area (Å²) in [6, 6.07) is 12.3. The number of nitrogens with zero attached hydrogens (tertiary/aromatic N) is 2. The van der Waals surface area contributed by atoms with Gasteiger partial charge in [0.2, 0.25) is 0 Å². The molecule has 0 saturated carbocycles. The van der Waals surface area contributed by atoms with Gasteiger partial charge in [0.1, 0.15) is 11.6 Å². The number of rotatable bonds is 4. The van der Waals surface area contributed by atoms with E-state index >= 15 is 0 Å². The summed E-state index contributed by atoms with van der Waals surface area (Å²) in [6.45, 7) is 3.99. The van der Waals surface area contributed by atoms with Gasteiger partial charge in [-0.05, 0) is 58.2 Å². The fraction of sp³-hybridized carbons (Fsp3) is 0.350. The number of halogens is 2. The van der Waals surface area contributed by atoms with Crippen molar-refractivity contribution >= 4 is 21.8 Å². The molecule has 0 radical (unpaired) electrons. The Hall–Kier alpha value is -1.92. The lowest BCUT2D eigenvalue weighted by atomic mass is 10.2. The summed E-state index contributed by atoms with van der Waals surface area (Å²) < 4.78 is 18.9. The molecular weight excluding hydrogens is 399 g/mol. The second-order valence-electron chi connectivity index (χ2n) is 6.39. The van der Waals surface area contributed by atoms with E-state index in [-0.39, 0.29) is 11.7 Å². The second-order valence-corrected chi connectivity index (χ2v) is 7.25. The third-order valence-electron chi connectivity index (χ3n) is 4.60. The lowest BCUT2D eigenvalue weighted by Crippen LogP contribution is -2.35. The molecule has 1 saturated heterocycles. The number of methoxy groups -OCH3 is 1. The minimum absolute atomic E-state index is 0.0526. The Morgan fingerprint density at radius 2 is 1.88 bits per heavy atom. The quantitative estimate of drug-likeness (QED) is 0.750. The van der Waals surface area contributed by atoms with Crippen molar-refractivity contribution in [3.63, 3.8) is 0 Å². The van der Waals surface area contributed by atoms with E-state index in [1.165, 1.54) is 17.7 Å². The van der Waals surface area contributed by atoms with Gasteiger partial charge in [-0.25, -0.2) is 4.39 Å². The predicted molar refractivity (Wildman–Crippen MR) is 103 cm³/mol. The summed E-state index contributed by atoms with van der Waals surface area (Å²) in [5.74, 6) is 0.449. The van der Waals surface area contributed by atoms with Crippen molar-refractivity contribution in [1.82, 2.24) is 9.80 Å². The molecule has 0 bridgehead atoms. The molecular formula is C20H22BrFN2O2. The molecule has 0 N–H and O–H groups in total. The summed E-state index contributed by atoms with van der Waals surface area (Å²) in [6.07, 6.45) is 0.917. The van der Waals surface area contributed by atoms with E-state index in [1.807, 2.05) is 17.0 Å². The van der Waals surface area contributed by atoms with Gasteiger partial charge in [-0.2, -0.15) is 0 Å². The monoisotopic (exact) mass is 420 g/mol. The summed E-state index contributed by atoms with van der Waals surface area (Å²) in [7, 11) is 1.66. The number of benzene rings is 2. The van der Waals surface area contributed by atoms with Crippen LogP contribution < -0.4 is 4.74 Å². The van der Waals surface area contributed by atoms with Crippen molar-refractivity contribution < 1.29 is 13.9 Å². The molecule has 3 rings (SSSR count). The largest absolute Gasteiger partial charge is 0.497 e. The average Bonchev–Trinajstić information content (AvgIpc) is 2.87. The van der Waals surface area contributed by atoms with Crippen molar-refractivity contribution in [2.45, 2.75) is 13.0 Å². The molecule has 0 aliphatic carbocycles. The van der Waals surface area contributed by atoms with Crippen LogP contribution in [0.15, 0.2) is 46.9 Å². The number of hydrogen-bond acceptors (Lipinski definition) is 3. The molecule has 26 heavy (non-hydrogen) atoms. The smallest absolute Gasteiger partial charge is 0.255 e. The Morgan fingerprint density at radius 1 is 1.12 bits per heavy atom. The van der Waals surface area contributed by atoms with Crippen LogP contribution in [0.25, 0.3) is 0 Å². The molecule has 6 heteroatoms. The summed E-state index contributed by atoms with van der Waals surface area (Å²) in [4.78, 5) is 17.0. The van der Waals surface area contributed by atoms with Crippen molar-refractivity contribution in [3.8, 4) is 5.75 Å². The maximum Gasteiger partial charge on any atom is 0.255 e. The standard InChI is InChI=1S/C20H22BrFN2O2/c1-26-17-6-3-15(4-7-17)14-23-9-2-10-24(12-11-23)20(25)18-8-5-16(22)13-19(18)21/h3-8,13H,2,9-12,14H2,1H3. The fourth-order valence-corrected chi connectivity index (χ4v) is 3.67. The highest BCUT2D eigenvalue weighted by Gasteiger charge is 2.22. The fourth-order valence-electron chi connectivity index (χ4n) is 3.15. The van der Waals surface area contributed by atoms with Crippen LogP contribution in [0, 0.1) is 5.82 Å². The van der Waals surface area contributed by atoms with E-state index in [0.717, 1.165) is 31.8 Å². The van der Waals surface area contributed by atoms with Gasteiger partial charge < -0.3 is 9.64 Å². The predicted octanol–water partition coefficient (Wildman–Crippen LogP) is 3.94. The van der Waals surface area contributed by atoms with Crippen LogP contribution in [-0.4, -0.2) is 49.0 Å². The van der Waals surface area contributed by atoms with Crippen LogP contribution in [0.1, 0.15) is 22.3 Å². The van der Waals surface area contributed by atoms with Crippen LogP contribution >= 0.6 is 15.9 Å². The minimum Gasteiger partial charge on any atom is -0.497 e. The first kappa shape index (κ1) is 18.9. The van der Waals surface area contributed by atoms with Crippen LogP contribution in [-0.2, 0) is 6.54 Å². The molecule has 138 valence electrons. The molecule has 1 fully saturated rings. The van der Waals surface area contributed by atoms with E-state index in [2.05, 4.69) is 33.0 Å². The first-order chi connectivity index (χ1) is 12.6. The molecule has 2 aromatic rings. The average molecular weight is 421 g/mol. The van der Waals surface area contributed by atoms with Crippen molar-refractivity contribution in [2.24, 2.45) is 0 Å². The Kier molecular flexibility index (Phi) is 6.27. The second kappa shape index (κ2) is 8.64. The molecule has 2 aromatic carbocycles. The zero-order chi connectivity index (χ0) is 18.5. The molecule has 0 unspecified atom stereocenters. The first-order valence-electron chi connectivity index (χ1n) is 8.66. The van der Waals surface area contributed by atoms with Crippen LogP contribution in [0.4, 0.5) is 4.39 Å². The number of ether oxygens (including phenoxy) is 1. The Balaban J connectivity index is 1.61. The zero-order valence-corrected chi connectivity index (χ0v) is 16.3. The maximum atomic E-state index is 13.3. The van der Waals surface area contributed by atoms with E-state index < -0.39 is 0 Å². The summed E-state index contributed by atoms with van der Waals surface area (Å²) in [5, 5.41) is 0. The van der Waals surface area contributed by atoms with Crippen LogP contribution in [0.3, 0.4) is 0 Å². The highest BCUT2D eigenvalue weighted by Crippen LogP contribution is 2.21.